The zero-order valence-electron chi connectivity index (χ0n) is 11.2. The lowest BCUT2D eigenvalue weighted by Gasteiger charge is -2.06. The molecule has 1 amide bonds. The number of rotatable bonds is 4. The molecule has 1 aromatic carbocycles. The number of nitrogens with one attached hydrogen (secondary N) is 1. The summed E-state index contributed by atoms with van der Waals surface area (Å²) >= 11 is 0.350. The predicted octanol–water partition coefficient (Wildman–Crippen LogP) is 3.70. The van der Waals surface area contributed by atoms with Gasteiger partial charge in [0.1, 0.15) is 11.6 Å². The van der Waals surface area contributed by atoms with Gasteiger partial charge in [0.05, 0.1) is 9.75 Å². The molecule has 0 aliphatic heterocycles. The Morgan fingerprint density at radius 2 is 1.57 bits per heavy atom. The highest BCUT2D eigenvalue weighted by Crippen LogP contribution is 2.26. The van der Waals surface area contributed by atoms with E-state index in [9.17, 15) is 31.5 Å². The maximum absolute atomic E-state index is 13.4. The van der Waals surface area contributed by atoms with Crippen LogP contribution in [0.2, 0.25) is 0 Å². The molecule has 0 saturated carbocycles. The number of hydrogen-bond donors (Lipinski definition) is 1. The van der Waals surface area contributed by atoms with Gasteiger partial charge in [0.15, 0.2) is 0 Å². The van der Waals surface area contributed by atoms with E-state index in [0.29, 0.717) is 11.3 Å². The van der Waals surface area contributed by atoms with Gasteiger partial charge in [-0.3, -0.25) is 9.59 Å². The van der Waals surface area contributed by atoms with Crippen LogP contribution in [-0.2, 0) is 6.54 Å². The number of carbonyl (C=O) groups excluding carboxylic acids is 2. The minimum Gasteiger partial charge on any atom is -0.347 e. The first kappa shape index (κ1) is 17.1. The van der Waals surface area contributed by atoms with E-state index >= 15 is 0 Å². The molecule has 0 fully saturated rings. The second kappa shape index (κ2) is 6.45. The summed E-state index contributed by atoms with van der Waals surface area (Å²) in [5.41, 5.74) is -0.371. The van der Waals surface area contributed by atoms with Crippen LogP contribution in [0.25, 0.3) is 0 Å². The summed E-state index contributed by atoms with van der Waals surface area (Å²) in [7, 11) is 0. The summed E-state index contributed by atoms with van der Waals surface area (Å²) in [5.74, 6) is -4.60. The largest absolute Gasteiger partial charge is 0.455 e. The van der Waals surface area contributed by atoms with Gasteiger partial charge in [0.2, 0.25) is 0 Å². The lowest BCUT2D eigenvalue weighted by Crippen LogP contribution is -2.23. The fourth-order valence-electron chi connectivity index (χ4n) is 1.68. The van der Waals surface area contributed by atoms with Crippen molar-refractivity contribution in [3.63, 3.8) is 0 Å². The van der Waals surface area contributed by atoms with Gasteiger partial charge in [0.25, 0.3) is 11.7 Å². The highest BCUT2D eigenvalue weighted by Gasteiger charge is 2.40. The number of amides is 1. The molecular formula is C14H8F5NO2S. The number of ketones is 1. The molecule has 0 saturated heterocycles. The van der Waals surface area contributed by atoms with Crippen LogP contribution < -0.4 is 5.32 Å². The van der Waals surface area contributed by atoms with Gasteiger partial charge in [-0.15, -0.1) is 11.3 Å². The molecule has 0 aliphatic carbocycles. The summed E-state index contributed by atoms with van der Waals surface area (Å²) in [4.78, 5) is 22.0. The van der Waals surface area contributed by atoms with E-state index in [-0.39, 0.29) is 10.4 Å². The summed E-state index contributed by atoms with van der Waals surface area (Å²) < 4.78 is 63.6. The molecule has 2 rings (SSSR count). The number of Topliss-reactive ketones (excluding diaryl/α,β-unsaturated/α-hetero) is 1. The normalized spacial score (nSPS) is 11.3. The SMILES string of the molecule is O=C(NCc1c(F)cccc1F)c1ccc(C(=O)C(F)(F)F)s1. The average molecular weight is 349 g/mol. The van der Waals surface area contributed by atoms with Crippen molar-refractivity contribution in [2.45, 2.75) is 12.7 Å². The van der Waals surface area contributed by atoms with Crippen molar-refractivity contribution in [1.82, 2.24) is 5.32 Å². The monoisotopic (exact) mass is 349 g/mol. The van der Waals surface area contributed by atoms with Crippen molar-refractivity contribution in [3.8, 4) is 0 Å². The number of carbonyl (C=O) groups is 2. The maximum Gasteiger partial charge on any atom is 0.455 e. The predicted molar refractivity (Wildman–Crippen MR) is 72.2 cm³/mol. The molecule has 1 heterocycles. The molecule has 0 bridgehead atoms. The third-order valence-electron chi connectivity index (χ3n) is 2.80. The third-order valence-corrected chi connectivity index (χ3v) is 3.88. The fraction of sp³-hybridized carbons (Fsp3) is 0.143. The number of alkyl halides is 3. The first-order chi connectivity index (χ1) is 10.7. The van der Waals surface area contributed by atoms with Crippen LogP contribution in [0, 0.1) is 11.6 Å². The quantitative estimate of drug-likeness (QED) is 0.676. The molecule has 0 atom stereocenters. The second-order valence-corrected chi connectivity index (χ2v) is 5.46. The van der Waals surface area contributed by atoms with E-state index in [0.717, 1.165) is 30.3 Å². The molecule has 2 aromatic rings. The average Bonchev–Trinajstić information content (AvgIpc) is 2.94. The van der Waals surface area contributed by atoms with Gasteiger partial charge in [-0.1, -0.05) is 6.07 Å². The van der Waals surface area contributed by atoms with Crippen LogP contribution >= 0.6 is 11.3 Å². The fourth-order valence-corrected chi connectivity index (χ4v) is 2.56. The molecule has 0 aliphatic rings. The molecule has 23 heavy (non-hydrogen) atoms. The topological polar surface area (TPSA) is 46.2 Å². The first-order valence-electron chi connectivity index (χ1n) is 6.12. The van der Waals surface area contributed by atoms with Crippen LogP contribution in [0.5, 0.6) is 0 Å². The van der Waals surface area contributed by atoms with Crippen molar-refractivity contribution in [2.24, 2.45) is 0 Å². The summed E-state index contributed by atoms with van der Waals surface area (Å²) in [5, 5.41) is 2.19. The van der Waals surface area contributed by atoms with Crippen molar-refractivity contribution in [2.75, 3.05) is 0 Å². The van der Waals surface area contributed by atoms with Crippen molar-refractivity contribution < 1.29 is 31.5 Å². The standard InChI is InChI=1S/C14H8F5NO2S/c15-8-2-1-3-9(16)7(8)6-20-13(22)11-5-4-10(23-11)12(21)14(17,18)19/h1-5H,6H2,(H,20,22). The Kier molecular flexibility index (Phi) is 4.79. The lowest BCUT2D eigenvalue weighted by molar-refractivity contribution is -0.0882. The van der Waals surface area contributed by atoms with Crippen LogP contribution in [0.1, 0.15) is 24.9 Å². The molecule has 122 valence electrons. The Hall–Kier alpha value is -2.29. The Morgan fingerprint density at radius 1 is 1.00 bits per heavy atom. The summed E-state index contributed by atoms with van der Waals surface area (Å²) in [6, 6.07) is 5.09. The van der Waals surface area contributed by atoms with Gasteiger partial charge in [-0.25, -0.2) is 8.78 Å². The lowest BCUT2D eigenvalue weighted by atomic mass is 10.2. The molecule has 0 radical (unpaired) electrons. The summed E-state index contributed by atoms with van der Waals surface area (Å²) in [6.07, 6.45) is -5.03. The van der Waals surface area contributed by atoms with Crippen molar-refractivity contribution in [3.05, 3.63) is 57.3 Å². The second-order valence-electron chi connectivity index (χ2n) is 4.37. The van der Waals surface area contributed by atoms with E-state index < -0.39 is 40.9 Å². The third kappa shape index (κ3) is 3.92. The van der Waals surface area contributed by atoms with Gasteiger partial charge < -0.3 is 5.32 Å². The van der Waals surface area contributed by atoms with E-state index in [1.165, 1.54) is 0 Å². The number of halogens is 5. The zero-order valence-corrected chi connectivity index (χ0v) is 12.0. The van der Waals surface area contributed by atoms with E-state index in [1.807, 2.05) is 0 Å². The minimum absolute atomic E-state index is 0.172. The van der Waals surface area contributed by atoms with E-state index in [2.05, 4.69) is 5.32 Å². The number of thiophene rings is 1. The van der Waals surface area contributed by atoms with Crippen LogP contribution in [0.15, 0.2) is 30.3 Å². The zero-order chi connectivity index (χ0) is 17.2. The maximum atomic E-state index is 13.4. The van der Waals surface area contributed by atoms with Crippen molar-refractivity contribution in [1.29, 1.82) is 0 Å². The number of hydrogen-bond acceptors (Lipinski definition) is 3. The van der Waals surface area contributed by atoms with Crippen molar-refractivity contribution >= 4 is 23.0 Å². The van der Waals surface area contributed by atoms with Crippen LogP contribution in [-0.4, -0.2) is 17.9 Å². The molecule has 9 heteroatoms. The molecule has 1 aromatic heterocycles. The Balaban J connectivity index is 2.08. The number of benzene rings is 1. The first-order valence-corrected chi connectivity index (χ1v) is 6.94. The molecule has 1 N–H and O–H groups in total. The molecular weight excluding hydrogens is 341 g/mol. The minimum atomic E-state index is -5.03. The Labute approximate surface area is 130 Å². The van der Waals surface area contributed by atoms with Gasteiger partial charge in [-0.2, -0.15) is 13.2 Å². The van der Waals surface area contributed by atoms with Gasteiger partial charge >= 0.3 is 6.18 Å². The van der Waals surface area contributed by atoms with E-state index in [1.54, 1.807) is 0 Å². The summed E-state index contributed by atoms with van der Waals surface area (Å²) in [6.45, 7) is -0.474. The van der Waals surface area contributed by atoms with Gasteiger partial charge in [0, 0.05) is 12.1 Å². The van der Waals surface area contributed by atoms with Crippen LogP contribution in [0.4, 0.5) is 22.0 Å². The highest BCUT2D eigenvalue weighted by molar-refractivity contribution is 7.16. The highest BCUT2D eigenvalue weighted by atomic mass is 32.1. The smallest absolute Gasteiger partial charge is 0.347 e. The van der Waals surface area contributed by atoms with Crippen LogP contribution in [0.3, 0.4) is 0 Å². The Morgan fingerprint density at radius 3 is 2.13 bits per heavy atom. The van der Waals surface area contributed by atoms with E-state index in [4.69, 9.17) is 0 Å². The molecule has 3 nitrogen and oxygen atoms in total. The Bertz CT molecular complexity index is 734. The molecule has 0 unspecified atom stereocenters. The van der Waals surface area contributed by atoms with Gasteiger partial charge in [-0.05, 0) is 24.3 Å². The molecule has 0 spiro atoms.